The molecule has 1 aromatic carbocycles. The molecule has 0 radical (unpaired) electrons. The molecule has 0 spiro atoms. The lowest BCUT2D eigenvalue weighted by molar-refractivity contribution is 0.0527. The molecule has 0 saturated heterocycles. The molecule has 0 atom stereocenters. The SMILES string of the molecule is CCOC(=O)c1cc2cccc(OC)c2nc1NN. The maximum Gasteiger partial charge on any atom is 0.341 e. The fourth-order valence-electron chi connectivity index (χ4n) is 1.81. The number of aromatic nitrogens is 1. The predicted molar refractivity (Wildman–Crippen MR) is 72.1 cm³/mol. The highest BCUT2D eigenvalue weighted by Crippen LogP contribution is 2.27. The minimum atomic E-state index is -0.465. The number of hydrazine groups is 1. The van der Waals surface area contributed by atoms with Crippen molar-refractivity contribution in [3.8, 4) is 5.75 Å². The molecule has 1 aromatic heterocycles. The summed E-state index contributed by atoms with van der Waals surface area (Å²) in [4.78, 5) is 16.1. The molecule has 0 saturated carbocycles. The van der Waals surface area contributed by atoms with Gasteiger partial charge in [-0.25, -0.2) is 15.6 Å². The zero-order chi connectivity index (χ0) is 13.8. The van der Waals surface area contributed by atoms with Crippen LogP contribution in [0.25, 0.3) is 10.9 Å². The van der Waals surface area contributed by atoms with Crippen LogP contribution in [0.3, 0.4) is 0 Å². The molecule has 2 aromatic rings. The summed E-state index contributed by atoms with van der Waals surface area (Å²) in [5.74, 6) is 5.82. The first-order chi connectivity index (χ1) is 9.21. The topological polar surface area (TPSA) is 86.5 Å². The van der Waals surface area contributed by atoms with E-state index in [4.69, 9.17) is 15.3 Å². The predicted octanol–water partition coefficient (Wildman–Crippen LogP) is 1.71. The molecule has 0 aliphatic heterocycles. The zero-order valence-corrected chi connectivity index (χ0v) is 10.8. The number of nitrogens with zero attached hydrogens (tertiary/aromatic N) is 1. The van der Waals surface area contributed by atoms with E-state index in [-0.39, 0.29) is 5.82 Å². The number of rotatable bonds is 4. The Morgan fingerprint density at radius 2 is 2.26 bits per heavy atom. The van der Waals surface area contributed by atoms with E-state index in [0.29, 0.717) is 23.4 Å². The molecule has 0 bridgehead atoms. The minimum absolute atomic E-state index is 0.260. The monoisotopic (exact) mass is 261 g/mol. The van der Waals surface area contributed by atoms with Gasteiger partial charge in [-0.15, -0.1) is 0 Å². The van der Waals surface area contributed by atoms with Crippen molar-refractivity contribution in [2.75, 3.05) is 19.1 Å². The summed E-state index contributed by atoms with van der Waals surface area (Å²) in [5.41, 5.74) is 3.34. The number of esters is 1. The molecule has 6 nitrogen and oxygen atoms in total. The average Bonchev–Trinajstić information content (AvgIpc) is 2.45. The molecule has 3 N–H and O–H groups in total. The van der Waals surface area contributed by atoms with E-state index in [1.165, 1.54) is 0 Å². The van der Waals surface area contributed by atoms with Crippen molar-refractivity contribution in [2.45, 2.75) is 6.92 Å². The van der Waals surface area contributed by atoms with Crippen molar-refractivity contribution >= 4 is 22.7 Å². The Hall–Kier alpha value is -2.34. The number of methoxy groups -OCH3 is 1. The van der Waals surface area contributed by atoms with E-state index in [0.717, 1.165) is 5.39 Å². The third-order valence-corrected chi connectivity index (χ3v) is 2.66. The van der Waals surface area contributed by atoms with Crippen LogP contribution >= 0.6 is 0 Å². The first-order valence-corrected chi connectivity index (χ1v) is 5.82. The van der Waals surface area contributed by atoms with Crippen LogP contribution in [0.1, 0.15) is 17.3 Å². The van der Waals surface area contributed by atoms with Gasteiger partial charge in [-0.05, 0) is 19.1 Å². The summed E-state index contributed by atoms with van der Waals surface area (Å²) in [6.07, 6.45) is 0. The number of hydrogen-bond acceptors (Lipinski definition) is 6. The van der Waals surface area contributed by atoms with Crippen LogP contribution in [0.4, 0.5) is 5.82 Å². The second-order valence-corrected chi connectivity index (χ2v) is 3.78. The lowest BCUT2D eigenvalue weighted by Crippen LogP contribution is -2.15. The Morgan fingerprint density at radius 1 is 1.47 bits per heavy atom. The third-order valence-electron chi connectivity index (χ3n) is 2.66. The molecular formula is C13H15N3O3. The summed E-state index contributed by atoms with van der Waals surface area (Å²) in [7, 11) is 1.56. The molecule has 0 amide bonds. The van der Waals surface area contributed by atoms with Crippen LogP contribution in [0, 0.1) is 0 Å². The van der Waals surface area contributed by atoms with Gasteiger partial charge in [-0.1, -0.05) is 12.1 Å². The molecular weight excluding hydrogens is 246 g/mol. The standard InChI is InChI=1S/C13H15N3O3/c1-3-19-13(17)9-7-8-5-4-6-10(18-2)11(8)15-12(9)16-14/h4-7H,3,14H2,1-2H3,(H,15,16). The molecule has 0 aliphatic rings. The summed E-state index contributed by atoms with van der Waals surface area (Å²) in [6, 6.07) is 7.14. The van der Waals surface area contributed by atoms with Crippen LogP contribution in [-0.4, -0.2) is 24.7 Å². The normalized spacial score (nSPS) is 10.3. The number of anilines is 1. The maximum atomic E-state index is 11.8. The highest BCUT2D eigenvalue weighted by Gasteiger charge is 2.16. The summed E-state index contributed by atoms with van der Waals surface area (Å²) in [6.45, 7) is 2.03. The Bertz CT molecular complexity index is 613. The van der Waals surface area contributed by atoms with Crippen LogP contribution in [-0.2, 0) is 4.74 Å². The summed E-state index contributed by atoms with van der Waals surface area (Å²) < 4.78 is 10.2. The van der Waals surface area contributed by atoms with Crippen molar-refractivity contribution in [2.24, 2.45) is 5.84 Å². The first-order valence-electron chi connectivity index (χ1n) is 5.82. The zero-order valence-electron chi connectivity index (χ0n) is 10.8. The van der Waals surface area contributed by atoms with Gasteiger partial charge in [0.2, 0.25) is 0 Å². The van der Waals surface area contributed by atoms with E-state index in [9.17, 15) is 4.79 Å². The highest BCUT2D eigenvalue weighted by molar-refractivity contribution is 6.00. The highest BCUT2D eigenvalue weighted by atomic mass is 16.5. The van der Waals surface area contributed by atoms with Crippen molar-refractivity contribution in [3.63, 3.8) is 0 Å². The van der Waals surface area contributed by atoms with Gasteiger partial charge < -0.3 is 14.9 Å². The van der Waals surface area contributed by atoms with Crippen molar-refractivity contribution < 1.29 is 14.3 Å². The first kappa shape index (κ1) is 13.1. The third kappa shape index (κ3) is 2.43. The number of carbonyl (C=O) groups is 1. The minimum Gasteiger partial charge on any atom is -0.494 e. The number of pyridine rings is 1. The largest absolute Gasteiger partial charge is 0.494 e. The van der Waals surface area contributed by atoms with Gasteiger partial charge in [0.25, 0.3) is 0 Å². The Morgan fingerprint density at radius 3 is 2.89 bits per heavy atom. The molecule has 0 unspecified atom stereocenters. The lowest BCUT2D eigenvalue weighted by atomic mass is 10.1. The fraction of sp³-hybridized carbons (Fsp3) is 0.231. The maximum absolute atomic E-state index is 11.8. The molecule has 6 heteroatoms. The van der Waals surface area contributed by atoms with E-state index in [1.54, 1.807) is 26.2 Å². The number of para-hydroxylation sites is 1. The van der Waals surface area contributed by atoms with Crippen molar-refractivity contribution in [1.29, 1.82) is 0 Å². The number of nitrogens with one attached hydrogen (secondary N) is 1. The van der Waals surface area contributed by atoms with Crippen LogP contribution in [0.5, 0.6) is 5.75 Å². The molecule has 100 valence electrons. The van der Waals surface area contributed by atoms with E-state index in [2.05, 4.69) is 10.4 Å². The summed E-state index contributed by atoms with van der Waals surface area (Å²) in [5, 5.41) is 0.779. The van der Waals surface area contributed by atoms with Gasteiger partial charge in [0.15, 0.2) is 5.82 Å². The van der Waals surface area contributed by atoms with Gasteiger partial charge in [0.1, 0.15) is 16.8 Å². The van der Waals surface area contributed by atoms with Crippen LogP contribution in [0.15, 0.2) is 24.3 Å². The Kier molecular flexibility index (Phi) is 3.82. The van der Waals surface area contributed by atoms with E-state index in [1.807, 2.05) is 12.1 Å². The second kappa shape index (κ2) is 5.53. The van der Waals surface area contributed by atoms with Gasteiger partial charge in [-0.2, -0.15) is 0 Å². The van der Waals surface area contributed by atoms with Crippen LogP contribution < -0.4 is 16.0 Å². The number of benzene rings is 1. The number of carbonyl (C=O) groups excluding carboxylic acids is 1. The van der Waals surface area contributed by atoms with Gasteiger partial charge >= 0.3 is 5.97 Å². The number of nitrogen functional groups attached to an aromatic ring is 1. The Labute approximate surface area is 110 Å². The number of hydrogen-bond donors (Lipinski definition) is 2. The molecule has 2 rings (SSSR count). The average molecular weight is 261 g/mol. The van der Waals surface area contributed by atoms with Gasteiger partial charge in [0, 0.05) is 5.39 Å². The number of fused-ring (bicyclic) bond motifs is 1. The summed E-state index contributed by atoms with van der Waals surface area (Å²) >= 11 is 0. The molecule has 1 heterocycles. The molecule has 0 fully saturated rings. The Balaban J connectivity index is 2.63. The van der Waals surface area contributed by atoms with E-state index >= 15 is 0 Å². The van der Waals surface area contributed by atoms with Crippen molar-refractivity contribution in [3.05, 3.63) is 29.8 Å². The van der Waals surface area contributed by atoms with Gasteiger partial charge in [-0.3, -0.25) is 0 Å². The molecule has 0 aliphatic carbocycles. The van der Waals surface area contributed by atoms with Crippen molar-refractivity contribution in [1.82, 2.24) is 4.98 Å². The van der Waals surface area contributed by atoms with Crippen LogP contribution in [0.2, 0.25) is 0 Å². The van der Waals surface area contributed by atoms with Gasteiger partial charge in [0.05, 0.1) is 13.7 Å². The fourth-order valence-corrected chi connectivity index (χ4v) is 1.81. The number of nitrogens with two attached hydrogens (primary N) is 1. The lowest BCUT2D eigenvalue weighted by Gasteiger charge is -2.11. The molecule has 19 heavy (non-hydrogen) atoms. The smallest absolute Gasteiger partial charge is 0.341 e. The van der Waals surface area contributed by atoms with E-state index < -0.39 is 5.97 Å². The number of ether oxygens (including phenoxy) is 2. The second-order valence-electron chi connectivity index (χ2n) is 3.78. The quantitative estimate of drug-likeness (QED) is 0.495.